The summed E-state index contributed by atoms with van der Waals surface area (Å²) in [7, 11) is -3.37. The maximum atomic E-state index is 15.1. The Bertz CT molecular complexity index is 2400. The summed E-state index contributed by atoms with van der Waals surface area (Å²) < 4.78 is 81.0. The van der Waals surface area contributed by atoms with Crippen LogP contribution in [0.5, 0.6) is 11.5 Å². The van der Waals surface area contributed by atoms with Gasteiger partial charge >= 0.3 is 12.1 Å². The van der Waals surface area contributed by atoms with Gasteiger partial charge in [-0.05, 0) is 82.2 Å². The molecule has 0 unspecified atom stereocenters. The van der Waals surface area contributed by atoms with Crippen LogP contribution < -0.4 is 41.8 Å². The number of primary amides is 1. The molecule has 0 spiro atoms. The average molecular weight is 1020 g/mol. The third-order valence-corrected chi connectivity index (χ3v) is 11.4. The van der Waals surface area contributed by atoms with Gasteiger partial charge < -0.3 is 60.7 Å². The summed E-state index contributed by atoms with van der Waals surface area (Å²) in [4.78, 5) is 72.0. The molecule has 0 fully saturated rings. The van der Waals surface area contributed by atoms with Crippen molar-refractivity contribution in [2.75, 3.05) is 77.5 Å². The number of alkyl carbamates (subject to hydrolysis) is 1. The fourth-order valence-corrected chi connectivity index (χ4v) is 8.05. The Morgan fingerprint density at radius 1 is 0.901 bits per heavy atom. The zero-order valence-electron chi connectivity index (χ0n) is 41.1. The van der Waals surface area contributed by atoms with Gasteiger partial charge in [0.25, 0.3) is 5.91 Å². The van der Waals surface area contributed by atoms with Crippen LogP contribution in [-0.2, 0) is 48.8 Å². The van der Waals surface area contributed by atoms with Gasteiger partial charge in [0.15, 0.2) is 5.82 Å². The van der Waals surface area contributed by atoms with E-state index >= 15 is 4.39 Å². The van der Waals surface area contributed by atoms with Gasteiger partial charge in [-0.15, -0.1) is 0 Å². The van der Waals surface area contributed by atoms with Gasteiger partial charge in [-0.25, -0.2) is 32.5 Å². The van der Waals surface area contributed by atoms with E-state index in [9.17, 15) is 32.6 Å². The molecule has 21 nitrogen and oxygen atoms in total. The lowest BCUT2D eigenvalue weighted by Gasteiger charge is -2.24. The van der Waals surface area contributed by atoms with Crippen molar-refractivity contribution >= 4 is 51.2 Å². The molecule has 1 aromatic heterocycles. The minimum Gasteiger partial charge on any atom is -0.494 e. The first-order valence-corrected chi connectivity index (χ1v) is 25.3. The summed E-state index contributed by atoms with van der Waals surface area (Å²) in [5, 5.41) is 13.4. The standard InChI is InChI=1S/C47H67F2N9O12S/c1-30(2)40(56-39(59)13-18-65-20-22-67-23-21-66-19-15-52-46(63)70-47(3,4)5)43(61)55-37(10-9-14-51-44(50)62)42(60)58-71(6,64)29-31-24-33-27-34(25-31)68-16-7-8-17-69-38-26-32(48)11-12-35(38)41-36(49)28-53-45(54-33)57-41/h11-12,24-28,30,37,40H,7-10,13-23,29H2,1-6H3,(H,52,63)(H,55,61)(H,56,59)(H3,50,51,62)(H,53,54,57)/t37-,40-,71-/m0/s1. The van der Waals surface area contributed by atoms with Crippen molar-refractivity contribution in [1.29, 1.82) is 0 Å². The summed E-state index contributed by atoms with van der Waals surface area (Å²) in [5.41, 5.74) is 5.52. The van der Waals surface area contributed by atoms with Crippen molar-refractivity contribution in [2.24, 2.45) is 16.0 Å². The second-order valence-corrected chi connectivity index (χ2v) is 20.1. The summed E-state index contributed by atoms with van der Waals surface area (Å²) in [6.07, 6.45) is 2.84. The summed E-state index contributed by atoms with van der Waals surface area (Å²) in [6.45, 7) is 10.8. The highest BCUT2D eigenvalue weighted by atomic mass is 32.2. The number of aromatic nitrogens is 2. The number of urea groups is 1. The Labute approximate surface area is 412 Å². The zero-order chi connectivity index (χ0) is 52.0. The van der Waals surface area contributed by atoms with Crippen LogP contribution in [0.15, 0.2) is 47.0 Å². The van der Waals surface area contributed by atoms with E-state index in [1.54, 1.807) is 52.8 Å². The van der Waals surface area contributed by atoms with E-state index in [0.29, 0.717) is 36.4 Å². The van der Waals surface area contributed by atoms with Gasteiger partial charge in [0.05, 0.1) is 74.5 Å². The number of halogens is 2. The fourth-order valence-electron chi connectivity index (χ4n) is 6.69. The van der Waals surface area contributed by atoms with Crippen molar-refractivity contribution in [2.45, 2.75) is 90.2 Å². The van der Waals surface area contributed by atoms with Crippen LogP contribution in [0.2, 0.25) is 0 Å². The molecule has 2 aromatic carbocycles. The molecule has 0 radical (unpaired) electrons. The van der Waals surface area contributed by atoms with Crippen molar-refractivity contribution in [3.8, 4) is 22.8 Å². The monoisotopic (exact) mass is 1020 g/mol. The second kappa shape index (κ2) is 28.6. The highest BCUT2D eigenvalue weighted by molar-refractivity contribution is 7.92. The number of amides is 6. The van der Waals surface area contributed by atoms with E-state index in [1.807, 2.05) is 0 Å². The number of nitrogens with two attached hydrogens (primary N) is 1. The molecule has 24 heteroatoms. The molecular formula is C47H67F2N9O12S. The van der Waals surface area contributed by atoms with Crippen LogP contribution in [0.25, 0.3) is 11.3 Å². The van der Waals surface area contributed by atoms with E-state index in [2.05, 4.69) is 40.9 Å². The first-order valence-electron chi connectivity index (χ1n) is 23.2. The van der Waals surface area contributed by atoms with Gasteiger partial charge in [0.1, 0.15) is 40.7 Å². The van der Waals surface area contributed by atoms with Crippen LogP contribution in [0.3, 0.4) is 0 Å². The van der Waals surface area contributed by atoms with Crippen LogP contribution in [0.4, 0.5) is 30.0 Å². The lowest BCUT2D eigenvalue weighted by atomic mass is 10.0. The number of nitrogens with zero attached hydrogens (tertiary/aromatic N) is 3. The van der Waals surface area contributed by atoms with Crippen molar-refractivity contribution in [3.63, 3.8) is 0 Å². The largest absolute Gasteiger partial charge is 0.494 e. The molecule has 4 bridgehead atoms. The van der Waals surface area contributed by atoms with E-state index in [1.165, 1.54) is 18.4 Å². The number of benzene rings is 2. The summed E-state index contributed by atoms with van der Waals surface area (Å²) >= 11 is 0. The normalized spacial score (nSPS) is 14.3. The first kappa shape index (κ1) is 57.3. The topological polar surface area (TPSA) is 282 Å². The Hall–Kier alpha value is -6.24. The molecule has 1 aliphatic heterocycles. The zero-order valence-corrected chi connectivity index (χ0v) is 41.9. The quantitative estimate of drug-likeness (QED) is 0.0691. The summed E-state index contributed by atoms with van der Waals surface area (Å²) in [6, 6.07) is 5.44. The van der Waals surface area contributed by atoms with E-state index in [-0.39, 0.29) is 107 Å². The molecule has 0 saturated carbocycles. The molecule has 3 atom stereocenters. The molecule has 0 saturated heterocycles. The highest BCUT2D eigenvalue weighted by Crippen LogP contribution is 2.33. The number of hydrogen-bond donors (Lipinski definition) is 6. The minimum absolute atomic E-state index is 0.0232. The molecule has 6 amide bonds. The predicted molar refractivity (Wildman–Crippen MR) is 259 cm³/mol. The maximum absolute atomic E-state index is 15.1. The lowest BCUT2D eigenvalue weighted by molar-refractivity contribution is -0.132. The molecule has 2 heterocycles. The molecule has 3 aromatic rings. The third-order valence-electron chi connectivity index (χ3n) is 9.93. The number of nitrogens with one attached hydrogen (secondary N) is 5. The Morgan fingerprint density at radius 3 is 2.28 bits per heavy atom. The number of fused-ring (bicyclic) bond motifs is 6. The minimum atomic E-state index is -3.37. The Morgan fingerprint density at radius 2 is 1.59 bits per heavy atom. The Kier molecular flexibility index (Phi) is 23.1. The van der Waals surface area contributed by atoms with E-state index in [0.717, 1.165) is 12.3 Å². The molecule has 4 rings (SSSR count). The van der Waals surface area contributed by atoms with Crippen molar-refractivity contribution in [1.82, 2.24) is 31.2 Å². The van der Waals surface area contributed by atoms with E-state index < -0.39 is 74.8 Å². The van der Waals surface area contributed by atoms with Gasteiger partial charge in [-0.2, -0.15) is 4.36 Å². The number of carbonyl (C=O) groups excluding carboxylic acids is 5. The molecular weight excluding hydrogens is 953 g/mol. The SMILES string of the molecule is CC(C)[C@H](NC(=O)CCOCCOCCOCCNC(=O)OC(C)(C)C)C(=O)N[C@@H](CCCNC(N)=O)C(=O)N=[S@@](C)(=O)Cc1cc2cc(c1)OCCCCOc1cc(F)ccc1-c1nc(ncc1F)N2. The maximum Gasteiger partial charge on any atom is 0.407 e. The van der Waals surface area contributed by atoms with E-state index in [4.69, 9.17) is 34.2 Å². The van der Waals surface area contributed by atoms with Gasteiger partial charge in [0.2, 0.25) is 17.8 Å². The molecule has 7 N–H and O–H groups in total. The first-order chi connectivity index (χ1) is 33.7. The van der Waals surface area contributed by atoms with Gasteiger partial charge in [-0.1, -0.05) is 13.8 Å². The number of carbonyl (C=O) groups is 5. The van der Waals surface area contributed by atoms with Crippen molar-refractivity contribution in [3.05, 3.63) is 59.8 Å². The van der Waals surface area contributed by atoms with Crippen LogP contribution in [0.1, 0.15) is 72.3 Å². The Balaban J connectivity index is 1.37. The van der Waals surface area contributed by atoms with Crippen molar-refractivity contribution < 1.29 is 65.4 Å². The number of rotatable bonds is 23. The molecule has 71 heavy (non-hydrogen) atoms. The lowest BCUT2D eigenvalue weighted by Crippen LogP contribution is -2.53. The molecule has 1 aliphatic rings. The smallest absolute Gasteiger partial charge is 0.407 e. The number of anilines is 2. The molecule has 392 valence electrons. The van der Waals surface area contributed by atoms with Gasteiger partial charge in [-0.3, -0.25) is 14.4 Å². The fraction of sp³-hybridized carbons (Fsp3) is 0.553. The second-order valence-electron chi connectivity index (χ2n) is 17.8. The average Bonchev–Trinajstić information content (AvgIpc) is 3.27. The predicted octanol–water partition coefficient (Wildman–Crippen LogP) is 4.88. The van der Waals surface area contributed by atoms with Crippen LogP contribution in [-0.4, -0.2) is 134 Å². The van der Waals surface area contributed by atoms with Crippen LogP contribution >= 0.6 is 0 Å². The van der Waals surface area contributed by atoms with Crippen LogP contribution in [0, 0.1) is 17.6 Å². The summed E-state index contributed by atoms with van der Waals surface area (Å²) in [5.74, 6) is -3.62. The highest BCUT2D eigenvalue weighted by Gasteiger charge is 2.29. The van der Waals surface area contributed by atoms with Gasteiger partial charge in [0, 0.05) is 49.1 Å². The number of ether oxygens (including phenoxy) is 6. The third kappa shape index (κ3) is 21.7. The number of hydrogen-bond acceptors (Lipinski definition) is 15. The molecule has 0 aliphatic carbocycles.